The maximum absolute atomic E-state index is 11.0. The van der Waals surface area contributed by atoms with Crippen molar-refractivity contribution in [2.75, 3.05) is 0 Å². The highest BCUT2D eigenvalue weighted by atomic mass is 16.7. The van der Waals surface area contributed by atoms with Gasteiger partial charge in [0.1, 0.15) is 11.6 Å². The van der Waals surface area contributed by atoms with Crippen LogP contribution >= 0.6 is 0 Å². The topological polar surface area (TPSA) is 77.2 Å². The van der Waals surface area contributed by atoms with E-state index in [1.807, 2.05) is 72.9 Å². The van der Waals surface area contributed by atoms with Crippen molar-refractivity contribution in [3.05, 3.63) is 103 Å². The highest BCUT2D eigenvalue weighted by Crippen LogP contribution is 2.31. The molecule has 0 unspecified atom stereocenters. The highest BCUT2D eigenvalue weighted by Gasteiger charge is 2.14. The fourth-order valence-electron chi connectivity index (χ4n) is 3.81. The lowest BCUT2D eigenvalue weighted by Gasteiger charge is -2.11. The van der Waals surface area contributed by atoms with Gasteiger partial charge in [-0.25, -0.2) is 9.78 Å². The molecule has 0 atom stereocenters. The zero-order valence-electron chi connectivity index (χ0n) is 17.1. The van der Waals surface area contributed by atoms with Crippen molar-refractivity contribution in [2.45, 2.75) is 6.54 Å². The number of pyridine rings is 1. The fourth-order valence-corrected chi connectivity index (χ4v) is 3.81. The summed E-state index contributed by atoms with van der Waals surface area (Å²) in [5.41, 5.74) is 5.65. The molecule has 0 saturated carbocycles. The van der Waals surface area contributed by atoms with Crippen molar-refractivity contribution >= 4 is 17.2 Å². The monoisotopic (exact) mass is 421 g/mol. The minimum atomic E-state index is -1.33. The zero-order valence-corrected chi connectivity index (χ0v) is 17.1. The van der Waals surface area contributed by atoms with Gasteiger partial charge >= 0.3 is 6.16 Å². The van der Waals surface area contributed by atoms with Gasteiger partial charge in [-0.2, -0.15) is 0 Å². The molecule has 0 aliphatic heterocycles. The maximum atomic E-state index is 11.0. The van der Waals surface area contributed by atoms with Crippen LogP contribution < -0.4 is 4.74 Å². The number of benzene rings is 3. The number of hydrogen-bond acceptors (Lipinski definition) is 4. The number of para-hydroxylation sites is 3. The number of carbonyl (C=O) groups is 1. The van der Waals surface area contributed by atoms with Crippen LogP contribution in [0.2, 0.25) is 0 Å². The Morgan fingerprint density at radius 3 is 2.44 bits per heavy atom. The van der Waals surface area contributed by atoms with Gasteiger partial charge in [-0.1, -0.05) is 54.6 Å². The van der Waals surface area contributed by atoms with E-state index in [2.05, 4.69) is 15.6 Å². The molecule has 156 valence electrons. The SMILES string of the molecule is O=C(O)Oc1ccccc1-c1ccc(Cn2c(-c3cccnc3)nc3ccccc32)cc1. The number of nitrogens with zero attached hydrogens (tertiary/aromatic N) is 3. The standard InChI is InChI=1S/C26H19N3O3/c30-26(31)32-24-10-4-1-7-21(24)19-13-11-18(12-14-19)17-29-23-9-3-2-8-22(23)28-25(29)20-6-5-15-27-16-20/h1-16H,17H2,(H,30,31). The van der Waals surface area contributed by atoms with E-state index < -0.39 is 6.16 Å². The lowest BCUT2D eigenvalue weighted by Crippen LogP contribution is -2.04. The van der Waals surface area contributed by atoms with Gasteiger partial charge in [0.15, 0.2) is 0 Å². The van der Waals surface area contributed by atoms with Crippen molar-refractivity contribution in [2.24, 2.45) is 0 Å². The number of ether oxygens (including phenoxy) is 1. The molecule has 0 amide bonds. The first kappa shape index (κ1) is 19.5. The Kier molecular flexibility index (Phi) is 5.09. The Labute approximate surface area is 184 Å². The predicted molar refractivity (Wildman–Crippen MR) is 123 cm³/mol. The van der Waals surface area contributed by atoms with Crippen molar-refractivity contribution in [3.8, 4) is 28.3 Å². The Morgan fingerprint density at radius 2 is 1.66 bits per heavy atom. The van der Waals surface area contributed by atoms with Crippen LogP contribution in [0.1, 0.15) is 5.56 Å². The molecule has 0 aliphatic rings. The van der Waals surface area contributed by atoms with Gasteiger partial charge < -0.3 is 14.4 Å². The molecular formula is C26H19N3O3. The molecule has 6 nitrogen and oxygen atoms in total. The summed E-state index contributed by atoms with van der Waals surface area (Å²) < 4.78 is 7.11. The largest absolute Gasteiger partial charge is 0.511 e. The molecule has 0 saturated heterocycles. The summed E-state index contributed by atoms with van der Waals surface area (Å²) in [5.74, 6) is 1.18. The van der Waals surface area contributed by atoms with Crippen LogP contribution in [-0.2, 0) is 6.54 Å². The summed E-state index contributed by atoms with van der Waals surface area (Å²) in [6.07, 6.45) is 2.24. The van der Waals surface area contributed by atoms with Gasteiger partial charge in [0.05, 0.1) is 11.0 Å². The minimum Gasteiger partial charge on any atom is -0.449 e. The van der Waals surface area contributed by atoms with Crippen molar-refractivity contribution in [3.63, 3.8) is 0 Å². The first-order chi connectivity index (χ1) is 15.7. The molecule has 0 radical (unpaired) electrons. The summed E-state index contributed by atoms with van der Waals surface area (Å²) in [7, 11) is 0. The fraction of sp³-hybridized carbons (Fsp3) is 0.0385. The number of carboxylic acid groups (broad SMARTS) is 1. The van der Waals surface area contributed by atoms with Crippen LogP contribution in [0.25, 0.3) is 33.5 Å². The maximum Gasteiger partial charge on any atom is 0.511 e. The van der Waals surface area contributed by atoms with E-state index in [1.54, 1.807) is 18.3 Å². The molecule has 5 rings (SSSR count). The van der Waals surface area contributed by atoms with Gasteiger partial charge in [-0.15, -0.1) is 0 Å². The van der Waals surface area contributed by atoms with Crippen molar-refractivity contribution < 1.29 is 14.6 Å². The molecule has 2 aromatic heterocycles. The Morgan fingerprint density at radius 1 is 0.875 bits per heavy atom. The summed E-state index contributed by atoms with van der Waals surface area (Å²) >= 11 is 0. The first-order valence-corrected chi connectivity index (χ1v) is 10.1. The van der Waals surface area contributed by atoms with Crippen molar-refractivity contribution in [1.82, 2.24) is 14.5 Å². The Balaban J connectivity index is 1.51. The third-order valence-electron chi connectivity index (χ3n) is 5.26. The zero-order chi connectivity index (χ0) is 21.9. The molecule has 3 aromatic carbocycles. The van der Waals surface area contributed by atoms with Crippen molar-refractivity contribution in [1.29, 1.82) is 0 Å². The van der Waals surface area contributed by atoms with Gasteiger partial charge in [0, 0.05) is 30.1 Å². The van der Waals surface area contributed by atoms with Crippen LogP contribution in [0.15, 0.2) is 97.3 Å². The minimum absolute atomic E-state index is 0.312. The third kappa shape index (κ3) is 3.81. The number of fused-ring (bicyclic) bond motifs is 1. The quantitative estimate of drug-likeness (QED) is 0.284. The van der Waals surface area contributed by atoms with Gasteiger partial charge in [0.2, 0.25) is 0 Å². The van der Waals surface area contributed by atoms with Crippen LogP contribution in [0.3, 0.4) is 0 Å². The van der Waals surface area contributed by atoms with Crippen LogP contribution in [-0.4, -0.2) is 25.8 Å². The van der Waals surface area contributed by atoms with Gasteiger partial charge in [0.25, 0.3) is 0 Å². The van der Waals surface area contributed by atoms with Gasteiger partial charge in [-0.3, -0.25) is 4.98 Å². The molecule has 32 heavy (non-hydrogen) atoms. The Bertz CT molecular complexity index is 1390. The van der Waals surface area contributed by atoms with E-state index >= 15 is 0 Å². The molecule has 6 heteroatoms. The molecule has 2 heterocycles. The third-order valence-corrected chi connectivity index (χ3v) is 5.26. The van der Waals surface area contributed by atoms with E-state index in [1.165, 1.54) is 0 Å². The normalized spacial score (nSPS) is 10.9. The van der Waals surface area contributed by atoms with E-state index in [9.17, 15) is 4.79 Å². The summed E-state index contributed by atoms with van der Waals surface area (Å²) in [6.45, 7) is 0.637. The highest BCUT2D eigenvalue weighted by molar-refractivity contribution is 5.80. The number of aromatic nitrogens is 3. The number of hydrogen-bond donors (Lipinski definition) is 1. The Hall–Kier alpha value is -4.45. The van der Waals surface area contributed by atoms with Crippen LogP contribution in [0.5, 0.6) is 5.75 Å². The van der Waals surface area contributed by atoms with E-state index in [0.29, 0.717) is 12.3 Å². The smallest absolute Gasteiger partial charge is 0.449 e. The summed E-state index contributed by atoms with van der Waals surface area (Å²) in [6, 6.07) is 27.1. The molecular weight excluding hydrogens is 402 g/mol. The second-order valence-corrected chi connectivity index (χ2v) is 7.31. The first-order valence-electron chi connectivity index (χ1n) is 10.1. The van der Waals surface area contributed by atoms with E-state index in [0.717, 1.165) is 39.1 Å². The van der Waals surface area contributed by atoms with Crippen LogP contribution in [0, 0.1) is 0 Å². The lowest BCUT2D eigenvalue weighted by atomic mass is 10.0. The van der Waals surface area contributed by atoms with E-state index in [-0.39, 0.29) is 0 Å². The summed E-state index contributed by atoms with van der Waals surface area (Å²) in [4.78, 5) is 20.1. The molecule has 0 spiro atoms. The molecule has 0 aliphatic carbocycles. The molecule has 5 aromatic rings. The second kappa shape index (κ2) is 8.35. The van der Waals surface area contributed by atoms with E-state index in [4.69, 9.17) is 14.8 Å². The average Bonchev–Trinajstić information content (AvgIpc) is 3.19. The number of rotatable bonds is 5. The second-order valence-electron chi connectivity index (χ2n) is 7.31. The van der Waals surface area contributed by atoms with Crippen LogP contribution in [0.4, 0.5) is 4.79 Å². The molecule has 0 bridgehead atoms. The summed E-state index contributed by atoms with van der Waals surface area (Å²) in [5, 5.41) is 9.00. The lowest BCUT2D eigenvalue weighted by molar-refractivity contribution is 0.144. The predicted octanol–water partition coefficient (Wildman–Crippen LogP) is 5.87. The molecule has 0 fully saturated rings. The van der Waals surface area contributed by atoms with Gasteiger partial charge in [-0.05, 0) is 41.5 Å². The average molecular weight is 421 g/mol. The number of imidazole rings is 1. The molecule has 1 N–H and O–H groups in total.